The molecule has 0 saturated heterocycles. The summed E-state index contributed by atoms with van der Waals surface area (Å²) in [4.78, 5) is 24.0. The molecule has 2 N–H and O–H groups in total. The van der Waals surface area contributed by atoms with Gasteiger partial charge in [-0.3, -0.25) is 13.9 Å². The molecular formula is C13H15N3O2. The van der Waals surface area contributed by atoms with Crippen LogP contribution in [0.15, 0.2) is 39.9 Å². The quantitative estimate of drug-likeness (QED) is 0.837. The van der Waals surface area contributed by atoms with Gasteiger partial charge in [-0.25, -0.2) is 4.79 Å². The summed E-state index contributed by atoms with van der Waals surface area (Å²) in [6.45, 7) is 1.89. The summed E-state index contributed by atoms with van der Waals surface area (Å²) in [5.41, 5.74) is 6.43. The van der Waals surface area contributed by atoms with Crippen molar-refractivity contribution in [2.75, 3.05) is 5.73 Å². The van der Waals surface area contributed by atoms with E-state index < -0.39 is 5.56 Å². The first kappa shape index (κ1) is 12.2. The Morgan fingerprint density at radius 3 is 2.39 bits per heavy atom. The van der Waals surface area contributed by atoms with E-state index in [4.69, 9.17) is 5.73 Å². The van der Waals surface area contributed by atoms with E-state index in [1.54, 1.807) is 14.0 Å². The highest BCUT2D eigenvalue weighted by Crippen LogP contribution is 2.02. The summed E-state index contributed by atoms with van der Waals surface area (Å²) in [7, 11) is 1.61. The number of anilines is 1. The highest BCUT2D eigenvalue weighted by Gasteiger charge is 2.11. The van der Waals surface area contributed by atoms with Gasteiger partial charge in [0, 0.05) is 12.7 Å². The molecule has 2 aromatic rings. The van der Waals surface area contributed by atoms with Gasteiger partial charge in [0.15, 0.2) is 0 Å². The first-order valence-electron chi connectivity index (χ1n) is 5.62. The van der Waals surface area contributed by atoms with E-state index in [0.29, 0.717) is 5.69 Å². The van der Waals surface area contributed by atoms with Crippen molar-refractivity contribution in [2.24, 2.45) is 7.05 Å². The summed E-state index contributed by atoms with van der Waals surface area (Å²) in [6.07, 6.45) is 0. The predicted octanol–water partition coefficient (Wildman–Crippen LogP) is 0.486. The van der Waals surface area contributed by atoms with Crippen molar-refractivity contribution in [2.45, 2.75) is 13.5 Å². The van der Waals surface area contributed by atoms with Crippen molar-refractivity contribution in [1.82, 2.24) is 9.13 Å². The summed E-state index contributed by atoms with van der Waals surface area (Å²) in [6, 6.07) is 9.34. The van der Waals surface area contributed by atoms with Crippen LogP contribution in [0.5, 0.6) is 0 Å². The normalized spacial score (nSPS) is 10.6. The SMILES string of the molecule is Cc1c(N)c(=O)n(Cc2ccccc2)c(=O)n1C. The Kier molecular flexibility index (Phi) is 3.06. The van der Waals surface area contributed by atoms with E-state index in [1.807, 2.05) is 30.3 Å². The van der Waals surface area contributed by atoms with Gasteiger partial charge in [0.25, 0.3) is 5.56 Å². The van der Waals surface area contributed by atoms with Gasteiger partial charge in [0.05, 0.1) is 6.54 Å². The number of rotatable bonds is 2. The molecule has 0 radical (unpaired) electrons. The van der Waals surface area contributed by atoms with Crippen LogP contribution in [0.1, 0.15) is 11.3 Å². The summed E-state index contributed by atoms with van der Waals surface area (Å²) in [5, 5.41) is 0. The van der Waals surface area contributed by atoms with Gasteiger partial charge in [-0.05, 0) is 12.5 Å². The Labute approximate surface area is 104 Å². The van der Waals surface area contributed by atoms with Gasteiger partial charge in [0.1, 0.15) is 5.69 Å². The lowest BCUT2D eigenvalue weighted by molar-refractivity contribution is 0.631. The van der Waals surface area contributed by atoms with Crippen LogP contribution in [0, 0.1) is 6.92 Å². The van der Waals surface area contributed by atoms with Gasteiger partial charge in [-0.1, -0.05) is 30.3 Å². The zero-order chi connectivity index (χ0) is 13.3. The number of benzene rings is 1. The second kappa shape index (κ2) is 4.52. The second-order valence-corrected chi connectivity index (χ2v) is 4.22. The Morgan fingerprint density at radius 2 is 1.78 bits per heavy atom. The lowest BCUT2D eigenvalue weighted by Gasteiger charge is -2.11. The third-order valence-corrected chi connectivity index (χ3v) is 3.07. The topological polar surface area (TPSA) is 70.0 Å². The van der Waals surface area contributed by atoms with Crippen molar-refractivity contribution < 1.29 is 0 Å². The molecule has 1 aromatic carbocycles. The summed E-state index contributed by atoms with van der Waals surface area (Å²) < 4.78 is 2.54. The van der Waals surface area contributed by atoms with E-state index in [2.05, 4.69) is 0 Å². The Bertz CT molecular complexity index is 647. The molecule has 0 bridgehead atoms. The maximum atomic E-state index is 12.0. The van der Waals surface area contributed by atoms with Crippen LogP contribution >= 0.6 is 0 Å². The number of aromatic nitrogens is 2. The Morgan fingerprint density at radius 1 is 1.17 bits per heavy atom. The van der Waals surface area contributed by atoms with Crippen molar-refractivity contribution in [3.8, 4) is 0 Å². The number of hydrogen-bond donors (Lipinski definition) is 1. The number of nitrogens with two attached hydrogens (primary N) is 1. The van der Waals surface area contributed by atoms with Crippen LogP contribution in [0.2, 0.25) is 0 Å². The largest absolute Gasteiger partial charge is 0.393 e. The van der Waals surface area contributed by atoms with Crippen LogP contribution < -0.4 is 17.0 Å². The minimum Gasteiger partial charge on any atom is -0.393 e. The zero-order valence-corrected chi connectivity index (χ0v) is 10.4. The second-order valence-electron chi connectivity index (χ2n) is 4.22. The van der Waals surface area contributed by atoms with E-state index in [1.165, 1.54) is 4.57 Å². The molecule has 0 spiro atoms. The average molecular weight is 245 g/mol. The average Bonchev–Trinajstić information content (AvgIpc) is 2.40. The molecule has 1 aromatic heterocycles. The van der Waals surface area contributed by atoms with E-state index >= 15 is 0 Å². The van der Waals surface area contributed by atoms with Gasteiger partial charge in [-0.2, -0.15) is 0 Å². The summed E-state index contributed by atoms with van der Waals surface area (Å²) >= 11 is 0. The standard InChI is InChI=1S/C13H15N3O2/c1-9-11(14)12(17)16(13(18)15(9)2)8-10-6-4-3-5-7-10/h3-7H,8,14H2,1-2H3. The molecule has 5 heteroatoms. The molecule has 0 aliphatic rings. The maximum Gasteiger partial charge on any atom is 0.331 e. The zero-order valence-electron chi connectivity index (χ0n) is 10.4. The van der Waals surface area contributed by atoms with Crippen molar-refractivity contribution >= 4 is 5.69 Å². The molecule has 0 fully saturated rings. The van der Waals surface area contributed by atoms with Gasteiger partial charge < -0.3 is 5.73 Å². The summed E-state index contributed by atoms with van der Waals surface area (Å²) in [5.74, 6) is 0. The first-order chi connectivity index (χ1) is 8.52. The molecule has 2 rings (SSSR count). The van der Waals surface area contributed by atoms with Crippen molar-refractivity contribution in [3.63, 3.8) is 0 Å². The van der Waals surface area contributed by atoms with Crippen LogP contribution in [0.4, 0.5) is 5.69 Å². The molecule has 0 atom stereocenters. The molecule has 18 heavy (non-hydrogen) atoms. The molecule has 0 amide bonds. The third kappa shape index (κ3) is 1.95. The third-order valence-electron chi connectivity index (χ3n) is 3.07. The van der Waals surface area contributed by atoms with E-state index in [9.17, 15) is 9.59 Å². The molecule has 0 saturated carbocycles. The Hall–Kier alpha value is -2.30. The number of hydrogen-bond acceptors (Lipinski definition) is 3. The fraction of sp³-hybridized carbons (Fsp3) is 0.231. The maximum absolute atomic E-state index is 12.0. The van der Waals surface area contributed by atoms with Gasteiger partial charge in [-0.15, -0.1) is 0 Å². The minimum absolute atomic E-state index is 0.119. The molecule has 0 unspecified atom stereocenters. The molecule has 1 heterocycles. The van der Waals surface area contributed by atoms with Crippen LogP contribution in [-0.2, 0) is 13.6 Å². The highest BCUT2D eigenvalue weighted by molar-refractivity contribution is 5.39. The highest BCUT2D eigenvalue weighted by atomic mass is 16.2. The molecule has 5 nitrogen and oxygen atoms in total. The monoisotopic (exact) mass is 245 g/mol. The van der Waals surface area contributed by atoms with Gasteiger partial charge >= 0.3 is 5.69 Å². The van der Waals surface area contributed by atoms with E-state index in [0.717, 1.165) is 10.1 Å². The van der Waals surface area contributed by atoms with E-state index in [-0.39, 0.29) is 17.9 Å². The Balaban J connectivity index is 2.60. The molecule has 94 valence electrons. The lowest BCUT2D eigenvalue weighted by Crippen LogP contribution is -2.41. The predicted molar refractivity (Wildman–Crippen MR) is 70.6 cm³/mol. The molecular weight excluding hydrogens is 230 g/mol. The first-order valence-corrected chi connectivity index (χ1v) is 5.62. The number of nitrogen functional groups attached to an aromatic ring is 1. The van der Waals surface area contributed by atoms with Crippen LogP contribution in [0.25, 0.3) is 0 Å². The van der Waals surface area contributed by atoms with Crippen LogP contribution in [0.3, 0.4) is 0 Å². The fourth-order valence-electron chi connectivity index (χ4n) is 1.80. The van der Waals surface area contributed by atoms with Crippen molar-refractivity contribution in [3.05, 3.63) is 62.4 Å². The van der Waals surface area contributed by atoms with Gasteiger partial charge in [0.2, 0.25) is 0 Å². The fourth-order valence-corrected chi connectivity index (χ4v) is 1.80. The van der Waals surface area contributed by atoms with Crippen molar-refractivity contribution in [1.29, 1.82) is 0 Å². The minimum atomic E-state index is -0.431. The molecule has 0 aliphatic carbocycles. The van der Waals surface area contributed by atoms with Crippen LogP contribution in [-0.4, -0.2) is 9.13 Å². The lowest BCUT2D eigenvalue weighted by atomic mass is 10.2. The smallest absolute Gasteiger partial charge is 0.331 e. The number of nitrogens with zero attached hydrogens (tertiary/aromatic N) is 2. The molecule has 0 aliphatic heterocycles.